The van der Waals surface area contributed by atoms with Gasteiger partial charge in [-0.05, 0) is 24.3 Å². The quantitative estimate of drug-likeness (QED) is 0.688. The first-order chi connectivity index (χ1) is 9.61. The minimum Gasteiger partial charge on any atom is -0.468 e. The topological polar surface area (TPSA) is 68.3 Å². The Labute approximate surface area is 120 Å². The van der Waals surface area contributed by atoms with Crippen LogP contribution in [0.15, 0.2) is 36.5 Å². The third kappa shape index (κ3) is 3.24. The number of nitrogens with one attached hydrogen (secondary N) is 1. The van der Waals surface area contributed by atoms with Crippen molar-refractivity contribution in [3.63, 3.8) is 0 Å². The molecule has 0 radical (unpaired) electrons. The molecule has 6 heteroatoms. The predicted octanol–water partition coefficient (Wildman–Crippen LogP) is 1.74. The number of hydrogen-bond donors (Lipinski definition) is 1. The summed E-state index contributed by atoms with van der Waals surface area (Å²) in [6, 6.07) is 8.85. The number of nitrogens with zero attached hydrogens (tertiary/aromatic N) is 1. The van der Waals surface area contributed by atoms with E-state index in [-0.39, 0.29) is 12.5 Å². The lowest BCUT2D eigenvalue weighted by Crippen LogP contribution is -2.34. The number of hydrogen-bond acceptors (Lipinski definition) is 4. The molecule has 1 aromatic carbocycles. The Bertz CT molecular complexity index is 645. The molecule has 1 heterocycles. The number of ether oxygens (including phenoxy) is 1. The van der Waals surface area contributed by atoms with Crippen LogP contribution in [0, 0.1) is 0 Å². The molecule has 2 rings (SSSR count). The van der Waals surface area contributed by atoms with E-state index in [9.17, 15) is 9.59 Å². The van der Waals surface area contributed by atoms with Gasteiger partial charge in [-0.15, -0.1) is 11.6 Å². The first-order valence-electron chi connectivity index (χ1n) is 5.96. The maximum absolute atomic E-state index is 12.0. The molecule has 1 N–H and O–H groups in total. The first-order valence-corrected chi connectivity index (χ1v) is 6.40. The normalized spacial score (nSPS) is 11.9. The molecule has 1 unspecified atom stereocenters. The van der Waals surface area contributed by atoms with Gasteiger partial charge in [-0.1, -0.05) is 6.07 Å². The molecule has 2 aromatic rings. The number of carbonyl (C=O) groups is 2. The molecule has 0 spiro atoms. The molecule has 0 aliphatic carbocycles. The van der Waals surface area contributed by atoms with Gasteiger partial charge < -0.3 is 10.1 Å². The highest BCUT2D eigenvalue weighted by atomic mass is 35.5. The van der Waals surface area contributed by atoms with Gasteiger partial charge in [0.15, 0.2) is 0 Å². The third-order valence-corrected chi connectivity index (χ3v) is 3.10. The van der Waals surface area contributed by atoms with E-state index >= 15 is 0 Å². The molecule has 0 aliphatic rings. The fourth-order valence-corrected chi connectivity index (χ4v) is 1.88. The van der Waals surface area contributed by atoms with Gasteiger partial charge in [-0.3, -0.25) is 14.6 Å². The second kappa shape index (κ2) is 6.34. The summed E-state index contributed by atoms with van der Waals surface area (Å²) in [5, 5.41) is 2.56. The van der Waals surface area contributed by atoms with E-state index in [2.05, 4.69) is 15.0 Å². The van der Waals surface area contributed by atoms with Gasteiger partial charge >= 0.3 is 5.97 Å². The number of benzene rings is 1. The Kier molecular flexibility index (Phi) is 4.53. The minimum atomic E-state index is -0.897. The minimum absolute atomic E-state index is 0.0120. The van der Waals surface area contributed by atoms with Crippen LogP contribution in [-0.2, 0) is 9.53 Å². The van der Waals surface area contributed by atoms with Crippen LogP contribution in [0.25, 0.3) is 10.9 Å². The summed E-state index contributed by atoms with van der Waals surface area (Å²) in [4.78, 5) is 27.3. The largest absolute Gasteiger partial charge is 0.468 e. The lowest BCUT2D eigenvalue weighted by Gasteiger charge is -2.09. The van der Waals surface area contributed by atoms with Crippen LogP contribution < -0.4 is 5.32 Å². The van der Waals surface area contributed by atoms with Crippen LogP contribution in [0.2, 0.25) is 0 Å². The number of rotatable bonds is 4. The first kappa shape index (κ1) is 14.3. The summed E-state index contributed by atoms with van der Waals surface area (Å²) < 4.78 is 4.48. The van der Waals surface area contributed by atoms with Crippen molar-refractivity contribution in [2.24, 2.45) is 0 Å². The Hall–Kier alpha value is -2.14. The van der Waals surface area contributed by atoms with Crippen molar-refractivity contribution in [3.05, 3.63) is 42.1 Å². The lowest BCUT2D eigenvalue weighted by molar-refractivity contribution is -0.140. The fraction of sp³-hybridized carbons (Fsp3) is 0.214. The number of aromatic nitrogens is 1. The molecule has 1 aromatic heterocycles. The molecule has 0 fully saturated rings. The van der Waals surface area contributed by atoms with Crippen molar-refractivity contribution in [2.45, 2.75) is 5.38 Å². The van der Waals surface area contributed by atoms with E-state index in [4.69, 9.17) is 11.6 Å². The third-order valence-electron chi connectivity index (χ3n) is 2.76. The molecule has 104 valence electrons. The second-order valence-electron chi connectivity index (χ2n) is 4.11. The maximum Gasteiger partial charge on any atom is 0.325 e. The smallest absolute Gasteiger partial charge is 0.325 e. The molecule has 20 heavy (non-hydrogen) atoms. The summed E-state index contributed by atoms with van der Waals surface area (Å²) in [5.41, 5.74) is 1.30. The Balaban J connectivity index is 2.06. The Morgan fingerprint density at radius 2 is 2.20 bits per heavy atom. The van der Waals surface area contributed by atoms with Crippen LogP contribution in [0.3, 0.4) is 0 Å². The zero-order valence-corrected chi connectivity index (χ0v) is 11.6. The zero-order valence-electron chi connectivity index (χ0n) is 10.8. The number of carbonyl (C=O) groups excluding carboxylic acids is 2. The van der Waals surface area contributed by atoms with Gasteiger partial charge in [0.05, 0.1) is 12.6 Å². The standard InChI is InChI=1S/C14H13ClN2O3/c1-20-14(19)11(15)8-17-13(18)10-4-5-12-9(7-10)3-2-6-16-12/h2-7,11H,8H2,1H3,(H,17,18). The number of fused-ring (bicyclic) bond motifs is 1. The molecule has 1 atom stereocenters. The molecule has 0 bridgehead atoms. The van der Waals surface area contributed by atoms with E-state index in [1.807, 2.05) is 6.07 Å². The summed E-state index contributed by atoms with van der Waals surface area (Å²) in [5.74, 6) is -0.875. The SMILES string of the molecule is COC(=O)C(Cl)CNC(=O)c1ccc2ncccc2c1. The van der Waals surface area contributed by atoms with Crippen molar-refractivity contribution in [3.8, 4) is 0 Å². The molecule has 5 nitrogen and oxygen atoms in total. The van der Waals surface area contributed by atoms with Crippen LogP contribution in [-0.4, -0.2) is 35.9 Å². The van der Waals surface area contributed by atoms with Crippen LogP contribution >= 0.6 is 11.6 Å². The van der Waals surface area contributed by atoms with E-state index in [0.29, 0.717) is 5.56 Å². The summed E-state index contributed by atoms with van der Waals surface area (Å²) >= 11 is 5.76. The number of alkyl halides is 1. The molecule has 0 saturated heterocycles. The molecular weight excluding hydrogens is 280 g/mol. The van der Waals surface area contributed by atoms with Crippen LogP contribution in [0.5, 0.6) is 0 Å². The number of methoxy groups -OCH3 is 1. The Morgan fingerprint density at radius 1 is 1.40 bits per heavy atom. The molecular formula is C14H13ClN2O3. The van der Waals surface area contributed by atoms with Gasteiger partial charge in [0, 0.05) is 23.7 Å². The summed E-state index contributed by atoms with van der Waals surface area (Å²) in [6.07, 6.45) is 1.69. The lowest BCUT2D eigenvalue weighted by atomic mass is 10.1. The molecule has 0 saturated carbocycles. The van der Waals surface area contributed by atoms with Crippen LogP contribution in [0.4, 0.5) is 0 Å². The molecule has 0 aliphatic heterocycles. The zero-order chi connectivity index (χ0) is 14.5. The number of halogens is 1. The van der Waals surface area contributed by atoms with E-state index < -0.39 is 11.3 Å². The van der Waals surface area contributed by atoms with Crippen LogP contribution in [0.1, 0.15) is 10.4 Å². The van der Waals surface area contributed by atoms with Crippen molar-refractivity contribution >= 4 is 34.4 Å². The van der Waals surface area contributed by atoms with Crippen molar-refractivity contribution < 1.29 is 14.3 Å². The summed E-state index contributed by atoms with van der Waals surface area (Å²) in [7, 11) is 1.25. The number of pyridine rings is 1. The second-order valence-corrected chi connectivity index (χ2v) is 4.64. The number of amides is 1. The van der Waals surface area contributed by atoms with Gasteiger partial charge in [0.25, 0.3) is 5.91 Å². The predicted molar refractivity (Wildman–Crippen MR) is 75.7 cm³/mol. The van der Waals surface area contributed by atoms with Gasteiger partial charge in [-0.25, -0.2) is 0 Å². The van der Waals surface area contributed by atoms with Gasteiger partial charge in [0.1, 0.15) is 5.38 Å². The van der Waals surface area contributed by atoms with Crippen molar-refractivity contribution in [1.29, 1.82) is 0 Å². The van der Waals surface area contributed by atoms with E-state index in [0.717, 1.165) is 10.9 Å². The highest BCUT2D eigenvalue weighted by Gasteiger charge is 2.17. The average Bonchev–Trinajstić information content (AvgIpc) is 2.50. The highest BCUT2D eigenvalue weighted by Crippen LogP contribution is 2.13. The average molecular weight is 293 g/mol. The van der Waals surface area contributed by atoms with E-state index in [1.54, 1.807) is 30.5 Å². The van der Waals surface area contributed by atoms with Gasteiger partial charge in [-0.2, -0.15) is 0 Å². The maximum atomic E-state index is 12.0. The summed E-state index contributed by atoms with van der Waals surface area (Å²) in [6.45, 7) is 0.0120. The molecule has 1 amide bonds. The van der Waals surface area contributed by atoms with E-state index in [1.165, 1.54) is 7.11 Å². The number of esters is 1. The fourth-order valence-electron chi connectivity index (χ4n) is 1.71. The van der Waals surface area contributed by atoms with Crippen molar-refractivity contribution in [1.82, 2.24) is 10.3 Å². The Morgan fingerprint density at radius 3 is 2.95 bits per heavy atom. The highest BCUT2D eigenvalue weighted by molar-refractivity contribution is 6.30. The van der Waals surface area contributed by atoms with Crippen molar-refractivity contribution in [2.75, 3.05) is 13.7 Å². The van der Waals surface area contributed by atoms with Gasteiger partial charge in [0.2, 0.25) is 0 Å². The monoisotopic (exact) mass is 292 g/mol.